The van der Waals surface area contributed by atoms with Crippen LogP contribution in [0, 0.1) is 5.82 Å². The summed E-state index contributed by atoms with van der Waals surface area (Å²) in [6.07, 6.45) is -11.5. The van der Waals surface area contributed by atoms with E-state index in [0.29, 0.717) is 25.3 Å². The number of aryl methyl sites for hydroxylation is 1. The van der Waals surface area contributed by atoms with Crippen molar-refractivity contribution in [3.8, 4) is 17.0 Å². The Bertz CT molecular complexity index is 2260. The van der Waals surface area contributed by atoms with Gasteiger partial charge in [-0.3, -0.25) is 33.7 Å². The fraction of sp³-hybridized carbons (Fsp3) is 0.324. The maximum atomic E-state index is 14.2. The number of rotatable bonds is 11. The Kier molecular flexibility index (Phi) is 11.5. The highest BCUT2D eigenvalue weighted by Crippen LogP contribution is 2.46. The van der Waals surface area contributed by atoms with Gasteiger partial charge in [0, 0.05) is 37.7 Å². The van der Waals surface area contributed by atoms with E-state index in [4.69, 9.17) is 4.74 Å². The molecule has 14 nitrogen and oxygen atoms in total. The molecule has 5 amide bonds. The number of unbranched alkanes of at least 4 members (excludes halogenated alkanes) is 2. The van der Waals surface area contributed by atoms with Crippen LogP contribution in [0.4, 0.5) is 46.9 Å². The number of aliphatic hydroxyl groups is 1. The molecule has 3 heterocycles. The number of imide groups is 1. The zero-order valence-electron chi connectivity index (χ0n) is 30.2. The van der Waals surface area contributed by atoms with E-state index in [2.05, 4.69) is 20.9 Å². The van der Waals surface area contributed by atoms with Crippen molar-refractivity contribution in [3.63, 3.8) is 0 Å². The van der Waals surface area contributed by atoms with Crippen LogP contribution in [0.5, 0.6) is 5.75 Å². The number of hydrogen-bond donors (Lipinski definition) is 3. The SMILES string of the molecule is CN(C(=O)Oc1c(-c2cn(CCCCCC(=O)Nc3cccc4c3C(=O)N(C3CCC(=O)NC3O)C4=O)nn2)cc(C(F)(F)F)cc1C(F)(F)F)c1ccc(F)cc1. The molecule has 3 N–H and O–H groups in total. The Hall–Kier alpha value is -6.38. The average molecular weight is 820 g/mol. The van der Waals surface area contributed by atoms with Crippen molar-refractivity contribution in [2.75, 3.05) is 17.3 Å². The Balaban J connectivity index is 1.10. The number of aliphatic hydroxyl groups excluding tert-OH is 1. The predicted molar refractivity (Wildman–Crippen MR) is 188 cm³/mol. The zero-order valence-corrected chi connectivity index (χ0v) is 30.2. The molecule has 2 aliphatic heterocycles. The minimum Gasteiger partial charge on any atom is -0.409 e. The first-order chi connectivity index (χ1) is 27.3. The van der Waals surface area contributed by atoms with Crippen molar-refractivity contribution < 1.29 is 64.5 Å². The second kappa shape index (κ2) is 16.2. The number of anilines is 2. The summed E-state index contributed by atoms with van der Waals surface area (Å²) in [6, 6.07) is 7.69. The van der Waals surface area contributed by atoms with Gasteiger partial charge in [0.25, 0.3) is 11.8 Å². The third-order valence-corrected chi connectivity index (χ3v) is 9.40. The highest BCUT2D eigenvalue weighted by Gasteiger charge is 2.46. The van der Waals surface area contributed by atoms with E-state index in [1.54, 1.807) is 0 Å². The molecule has 3 aromatic carbocycles. The highest BCUT2D eigenvalue weighted by molar-refractivity contribution is 6.24. The molecule has 306 valence electrons. The maximum absolute atomic E-state index is 14.2. The summed E-state index contributed by atoms with van der Waals surface area (Å²) in [5.74, 6) is -4.30. The Morgan fingerprint density at radius 2 is 1.69 bits per heavy atom. The van der Waals surface area contributed by atoms with Gasteiger partial charge in [-0.05, 0) is 67.8 Å². The Labute approximate surface area is 323 Å². The summed E-state index contributed by atoms with van der Waals surface area (Å²) in [5, 5.41) is 22.8. The molecule has 1 fully saturated rings. The highest BCUT2D eigenvalue weighted by atomic mass is 19.4. The van der Waals surface area contributed by atoms with Gasteiger partial charge in [-0.15, -0.1) is 5.10 Å². The van der Waals surface area contributed by atoms with E-state index in [9.17, 15) is 59.8 Å². The van der Waals surface area contributed by atoms with Gasteiger partial charge in [0.15, 0.2) is 5.75 Å². The molecule has 1 saturated heterocycles. The van der Waals surface area contributed by atoms with Crippen molar-refractivity contribution in [1.82, 2.24) is 25.2 Å². The van der Waals surface area contributed by atoms with E-state index < -0.39 is 88.3 Å². The summed E-state index contributed by atoms with van der Waals surface area (Å²) in [4.78, 5) is 65.5. The Morgan fingerprint density at radius 3 is 2.36 bits per heavy atom. The minimum atomic E-state index is -5.42. The molecule has 4 aromatic rings. The monoisotopic (exact) mass is 819 g/mol. The number of carbonyl (C=O) groups excluding carboxylic acids is 5. The molecule has 2 aliphatic rings. The number of aromatic nitrogens is 3. The molecule has 58 heavy (non-hydrogen) atoms. The molecular formula is C37H32F7N7O7. The molecular weight excluding hydrogens is 787 g/mol. The van der Waals surface area contributed by atoms with Crippen LogP contribution in [-0.4, -0.2) is 74.0 Å². The van der Waals surface area contributed by atoms with E-state index in [1.165, 1.54) is 18.2 Å². The van der Waals surface area contributed by atoms with Crippen LogP contribution in [0.1, 0.15) is 70.4 Å². The largest absolute Gasteiger partial charge is 0.420 e. The van der Waals surface area contributed by atoms with Crippen LogP contribution in [0.25, 0.3) is 11.3 Å². The van der Waals surface area contributed by atoms with Crippen LogP contribution in [0.15, 0.2) is 60.8 Å². The standard InChI is InChI=1S/C37H32F7N7O7/c1-49(21-11-9-20(38)10-12-21)35(57)58-31-23(16-19(36(39,40)41)17-24(31)37(42,43)44)26-18-50(48-47-26)15-4-2-3-8-28(52)45-25-7-5-6-22-30(25)34(56)51(33(22)55)27-13-14-29(53)46-32(27)54/h5-7,9-12,16-18,27,32,54H,2-4,8,13-15H2,1H3,(H,45,52)(H,46,53). The van der Waals surface area contributed by atoms with Crippen molar-refractivity contribution in [3.05, 3.63) is 88.9 Å². The van der Waals surface area contributed by atoms with Gasteiger partial charge < -0.3 is 20.5 Å². The number of amides is 5. The van der Waals surface area contributed by atoms with E-state index in [0.717, 1.165) is 52.0 Å². The Morgan fingerprint density at radius 1 is 0.966 bits per heavy atom. The van der Waals surface area contributed by atoms with E-state index >= 15 is 0 Å². The van der Waals surface area contributed by atoms with Crippen LogP contribution in [0.3, 0.4) is 0 Å². The summed E-state index contributed by atoms with van der Waals surface area (Å²) in [7, 11) is 1.10. The van der Waals surface area contributed by atoms with Gasteiger partial charge in [0.05, 0.1) is 40.2 Å². The van der Waals surface area contributed by atoms with Gasteiger partial charge in [-0.25, -0.2) is 9.18 Å². The molecule has 0 saturated carbocycles. The van der Waals surface area contributed by atoms with Crippen molar-refractivity contribution >= 4 is 41.1 Å². The fourth-order valence-electron chi connectivity index (χ4n) is 6.46. The van der Waals surface area contributed by atoms with Crippen LogP contribution in [-0.2, 0) is 28.5 Å². The van der Waals surface area contributed by atoms with Crippen molar-refractivity contribution in [2.45, 2.75) is 69.7 Å². The number of fused-ring (bicyclic) bond motifs is 1. The normalized spacial score (nSPS) is 16.9. The summed E-state index contributed by atoms with van der Waals surface area (Å²) < 4.78 is 104. The number of ether oxygens (including phenoxy) is 1. The number of nitrogens with zero attached hydrogens (tertiary/aromatic N) is 5. The molecule has 21 heteroatoms. The zero-order chi connectivity index (χ0) is 42.1. The first-order valence-electron chi connectivity index (χ1n) is 17.6. The molecule has 6 rings (SSSR count). The number of halogens is 7. The molecule has 0 bridgehead atoms. The molecule has 0 aliphatic carbocycles. The van der Waals surface area contributed by atoms with Crippen molar-refractivity contribution in [2.24, 2.45) is 0 Å². The molecule has 0 radical (unpaired) electrons. The number of nitrogens with one attached hydrogen (secondary N) is 2. The van der Waals surface area contributed by atoms with Crippen LogP contribution < -0.4 is 20.3 Å². The lowest BCUT2D eigenvalue weighted by Crippen LogP contribution is -2.57. The second-order valence-electron chi connectivity index (χ2n) is 13.4. The summed E-state index contributed by atoms with van der Waals surface area (Å²) in [6.45, 7) is 0.0637. The summed E-state index contributed by atoms with van der Waals surface area (Å²) >= 11 is 0. The number of carbonyl (C=O) groups is 5. The molecule has 2 atom stereocenters. The van der Waals surface area contributed by atoms with Crippen LogP contribution in [0.2, 0.25) is 0 Å². The smallest absolute Gasteiger partial charge is 0.409 e. The van der Waals surface area contributed by atoms with Crippen molar-refractivity contribution in [1.29, 1.82) is 0 Å². The molecule has 1 aromatic heterocycles. The van der Waals surface area contributed by atoms with Gasteiger partial charge in [-0.1, -0.05) is 17.7 Å². The maximum Gasteiger partial charge on any atom is 0.420 e. The predicted octanol–water partition coefficient (Wildman–Crippen LogP) is 6.15. The number of piperidine rings is 1. The van der Waals surface area contributed by atoms with Gasteiger partial charge in [0.1, 0.15) is 17.7 Å². The quantitative estimate of drug-likeness (QED) is 0.0911. The lowest BCUT2D eigenvalue weighted by atomic mass is 10.0. The van der Waals surface area contributed by atoms with E-state index in [1.807, 2.05) is 0 Å². The molecule has 2 unspecified atom stereocenters. The lowest BCUT2D eigenvalue weighted by molar-refractivity contribution is -0.143. The van der Waals surface area contributed by atoms with Gasteiger partial charge in [0.2, 0.25) is 11.8 Å². The van der Waals surface area contributed by atoms with Gasteiger partial charge in [-0.2, -0.15) is 26.3 Å². The van der Waals surface area contributed by atoms with Gasteiger partial charge >= 0.3 is 18.4 Å². The topological polar surface area (TPSA) is 176 Å². The number of benzene rings is 3. The van der Waals surface area contributed by atoms with Crippen LogP contribution >= 0.6 is 0 Å². The number of alkyl halides is 6. The number of hydrogen-bond acceptors (Lipinski definition) is 9. The second-order valence-corrected chi connectivity index (χ2v) is 13.4. The first-order valence-corrected chi connectivity index (χ1v) is 17.6. The third kappa shape index (κ3) is 8.77. The first kappa shape index (κ1) is 41.3. The fourth-order valence-corrected chi connectivity index (χ4v) is 6.46. The average Bonchev–Trinajstić information content (AvgIpc) is 3.72. The van der Waals surface area contributed by atoms with E-state index in [-0.39, 0.29) is 54.4 Å². The lowest BCUT2D eigenvalue weighted by Gasteiger charge is -2.33. The summed E-state index contributed by atoms with van der Waals surface area (Å²) in [5.41, 5.74) is -4.87. The third-order valence-electron chi connectivity index (χ3n) is 9.40. The minimum absolute atomic E-state index is 0.00737. The molecule has 0 spiro atoms.